The van der Waals surface area contributed by atoms with Crippen LogP contribution in [-0.2, 0) is 9.84 Å². The van der Waals surface area contributed by atoms with Crippen molar-refractivity contribution >= 4 is 79.4 Å². The largest absolute Gasteiger partial charge is 0.224 e. The minimum absolute atomic E-state index is 0.00914. The molecule has 118 valence electrons. The van der Waals surface area contributed by atoms with Gasteiger partial charge in [-0.3, -0.25) is 0 Å². The molecule has 0 amide bonds. The van der Waals surface area contributed by atoms with E-state index in [1.807, 2.05) is 0 Å². The predicted molar refractivity (Wildman–Crippen MR) is 95.0 cm³/mol. The molecule has 0 N–H and O–H groups in total. The summed E-state index contributed by atoms with van der Waals surface area (Å²) >= 11 is 36.5. The van der Waals surface area contributed by atoms with E-state index < -0.39 is 9.84 Å². The third-order valence-electron chi connectivity index (χ3n) is 2.80. The zero-order valence-electron chi connectivity index (χ0n) is 10.7. The van der Waals surface area contributed by atoms with Crippen molar-refractivity contribution in [3.63, 3.8) is 0 Å². The van der Waals surface area contributed by atoms with Crippen molar-refractivity contribution < 1.29 is 8.42 Å². The molecular formula is C13H6Cl6O2S. The summed E-state index contributed by atoms with van der Waals surface area (Å²) in [6.07, 6.45) is 1.03. The molecule has 0 saturated heterocycles. The zero-order chi connectivity index (χ0) is 16.8. The van der Waals surface area contributed by atoms with E-state index in [-0.39, 0.29) is 40.6 Å². The standard InChI is InChI=1S/C13H6Cl6O2S/c1-22(20,21)10-4-6(14)5(2-7(10)15)11-12(18)8(16)3-9(17)13(11)19/h2-4H,1H3. The summed E-state index contributed by atoms with van der Waals surface area (Å²) in [5, 5.41) is 0.746. The van der Waals surface area contributed by atoms with Crippen LogP contribution in [-0.4, -0.2) is 14.7 Å². The molecule has 0 bridgehead atoms. The molecule has 2 aromatic carbocycles. The molecule has 2 aromatic rings. The molecule has 0 unspecified atom stereocenters. The van der Waals surface area contributed by atoms with Gasteiger partial charge in [0, 0.05) is 22.4 Å². The van der Waals surface area contributed by atoms with Crippen LogP contribution in [0.1, 0.15) is 0 Å². The van der Waals surface area contributed by atoms with Gasteiger partial charge < -0.3 is 0 Å². The third-order valence-corrected chi connectivity index (χ3v) is 6.25. The Hall–Kier alpha value is 0.130. The van der Waals surface area contributed by atoms with Gasteiger partial charge in [-0.15, -0.1) is 0 Å². The normalized spacial score (nSPS) is 11.8. The average molecular weight is 439 g/mol. The molecule has 0 radical (unpaired) electrons. The van der Waals surface area contributed by atoms with E-state index in [4.69, 9.17) is 69.6 Å². The number of hydrogen-bond donors (Lipinski definition) is 0. The van der Waals surface area contributed by atoms with Crippen LogP contribution in [0.25, 0.3) is 11.1 Å². The molecule has 0 spiro atoms. The van der Waals surface area contributed by atoms with E-state index in [9.17, 15) is 8.42 Å². The molecule has 0 aromatic heterocycles. The number of hydrogen-bond acceptors (Lipinski definition) is 2. The first-order valence-electron chi connectivity index (χ1n) is 5.56. The molecule has 0 aliphatic carbocycles. The maximum absolute atomic E-state index is 11.7. The van der Waals surface area contributed by atoms with E-state index >= 15 is 0 Å². The van der Waals surface area contributed by atoms with Crippen molar-refractivity contribution in [2.24, 2.45) is 0 Å². The highest BCUT2D eigenvalue weighted by atomic mass is 35.5. The minimum atomic E-state index is -3.53. The van der Waals surface area contributed by atoms with Crippen molar-refractivity contribution in [1.82, 2.24) is 0 Å². The van der Waals surface area contributed by atoms with Crippen LogP contribution in [0.4, 0.5) is 0 Å². The van der Waals surface area contributed by atoms with Crippen molar-refractivity contribution in [2.45, 2.75) is 4.90 Å². The summed E-state index contributed by atoms with van der Waals surface area (Å²) in [4.78, 5) is -0.0942. The lowest BCUT2D eigenvalue weighted by molar-refractivity contribution is 0.602. The summed E-state index contributed by atoms with van der Waals surface area (Å²) < 4.78 is 23.3. The van der Waals surface area contributed by atoms with Crippen LogP contribution < -0.4 is 0 Å². The van der Waals surface area contributed by atoms with Crippen molar-refractivity contribution in [1.29, 1.82) is 0 Å². The summed E-state index contributed by atoms with van der Waals surface area (Å²) in [6.45, 7) is 0. The minimum Gasteiger partial charge on any atom is -0.224 e. The van der Waals surface area contributed by atoms with Gasteiger partial charge in [0.1, 0.15) is 0 Å². The fraction of sp³-hybridized carbons (Fsp3) is 0.0769. The van der Waals surface area contributed by atoms with E-state index in [1.165, 1.54) is 18.2 Å². The quantitative estimate of drug-likeness (QED) is 0.490. The van der Waals surface area contributed by atoms with Gasteiger partial charge in [0.25, 0.3) is 0 Å². The maximum atomic E-state index is 11.7. The molecule has 2 rings (SSSR count). The van der Waals surface area contributed by atoms with Crippen LogP contribution in [0.5, 0.6) is 0 Å². The Morgan fingerprint density at radius 1 is 0.727 bits per heavy atom. The van der Waals surface area contributed by atoms with Crippen LogP contribution in [0.2, 0.25) is 30.1 Å². The van der Waals surface area contributed by atoms with Gasteiger partial charge in [-0.05, 0) is 18.2 Å². The van der Waals surface area contributed by atoms with E-state index in [2.05, 4.69) is 0 Å². The Kier molecular flexibility index (Phi) is 5.51. The van der Waals surface area contributed by atoms with E-state index in [0.717, 1.165) is 6.26 Å². The van der Waals surface area contributed by atoms with Gasteiger partial charge in [0.05, 0.1) is 30.0 Å². The topological polar surface area (TPSA) is 34.1 Å². The smallest absolute Gasteiger partial charge is 0.177 e. The summed E-state index contributed by atoms with van der Waals surface area (Å²) in [6, 6.07) is 3.99. The van der Waals surface area contributed by atoms with Gasteiger partial charge in [-0.1, -0.05) is 69.6 Å². The summed E-state index contributed by atoms with van der Waals surface area (Å²) in [5.41, 5.74) is 0.617. The Morgan fingerprint density at radius 3 is 1.68 bits per heavy atom. The number of rotatable bonds is 2. The second-order valence-corrected chi connectivity index (χ2v) is 8.75. The Labute approximate surface area is 157 Å². The Bertz CT molecular complexity index is 851. The molecule has 0 aliphatic heterocycles. The molecule has 0 saturated carbocycles. The predicted octanol–water partition coefficient (Wildman–Crippen LogP) is 6.68. The summed E-state index contributed by atoms with van der Waals surface area (Å²) in [5.74, 6) is 0. The van der Waals surface area contributed by atoms with Crippen LogP contribution in [0.15, 0.2) is 23.1 Å². The maximum Gasteiger partial charge on any atom is 0.177 e. The molecule has 22 heavy (non-hydrogen) atoms. The highest BCUT2D eigenvalue weighted by Gasteiger charge is 2.21. The Balaban J connectivity index is 2.84. The number of sulfone groups is 1. The van der Waals surface area contributed by atoms with Gasteiger partial charge in [0.15, 0.2) is 9.84 Å². The molecule has 0 fully saturated rings. The van der Waals surface area contributed by atoms with Gasteiger partial charge >= 0.3 is 0 Å². The molecule has 0 heterocycles. The highest BCUT2D eigenvalue weighted by Crippen LogP contribution is 2.46. The highest BCUT2D eigenvalue weighted by molar-refractivity contribution is 7.90. The summed E-state index contributed by atoms with van der Waals surface area (Å²) in [7, 11) is -3.53. The monoisotopic (exact) mass is 436 g/mol. The average Bonchev–Trinajstić information content (AvgIpc) is 2.39. The van der Waals surface area contributed by atoms with Gasteiger partial charge in [-0.25, -0.2) is 8.42 Å². The van der Waals surface area contributed by atoms with Crippen LogP contribution in [0.3, 0.4) is 0 Å². The molecule has 2 nitrogen and oxygen atoms in total. The van der Waals surface area contributed by atoms with E-state index in [1.54, 1.807) is 0 Å². The number of halogens is 6. The molecule has 0 atom stereocenters. The lowest BCUT2D eigenvalue weighted by Crippen LogP contribution is -1.99. The molecule has 0 aliphatic rings. The zero-order valence-corrected chi connectivity index (χ0v) is 16.1. The van der Waals surface area contributed by atoms with E-state index in [0.29, 0.717) is 5.56 Å². The molecule has 9 heteroatoms. The van der Waals surface area contributed by atoms with Crippen molar-refractivity contribution in [3.8, 4) is 11.1 Å². The third kappa shape index (κ3) is 3.46. The molecular weight excluding hydrogens is 433 g/mol. The second-order valence-electron chi connectivity index (χ2n) is 4.38. The lowest BCUT2D eigenvalue weighted by Gasteiger charge is -2.14. The van der Waals surface area contributed by atoms with Crippen LogP contribution >= 0.6 is 69.6 Å². The SMILES string of the molecule is CS(=O)(=O)c1cc(Cl)c(-c2c(Cl)c(Cl)cc(Cl)c2Cl)cc1Cl. The number of benzene rings is 2. The van der Waals surface area contributed by atoms with Crippen molar-refractivity contribution in [2.75, 3.05) is 6.26 Å². The second kappa shape index (κ2) is 6.56. The lowest BCUT2D eigenvalue weighted by atomic mass is 10.1. The fourth-order valence-electron chi connectivity index (χ4n) is 1.81. The van der Waals surface area contributed by atoms with Gasteiger partial charge in [-0.2, -0.15) is 0 Å². The van der Waals surface area contributed by atoms with Gasteiger partial charge in [0.2, 0.25) is 0 Å². The first kappa shape index (κ1) is 18.5. The fourth-order valence-corrected chi connectivity index (χ4v) is 4.48. The first-order chi connectivity index (χ1) is 10.0. The Morgan fingerprint density at radius 2 is 1.23 bits per heavy atom. The van der Waals surface area contributed by atoms with Crippen LogP contribution in [0, 0.1) is 0 Å². The first-order valence-corrected chi connectivity index (χ1v) is 9.72. The van der Waals surface area contributed by atoms with Crippen molar-refractivity contribution in [3.05, 3.63) is 48.3 Å².